The van der Waals surface area contributed by atoms with Crippen LogP contribution in [-0.4, -0.2) is 4.98 Å². The Morgan fingerprint density at radius 3 is 2.00 bits per heavy atom. The van der Waals surface area contributed by atoms with Crippen molar-refractivity contribution in [3.63, 3.8) is 0 Å². The van der Waals surface area contributed by atoms with Gasteiger partial charge >= 0.3 is 6.18 Å². The zero-order chi connectivity index (χ0) is 8.65. The van der Waals surface area contributed by atoms with Gasteiger partial charge in [0.25, 0.3) is 0 Å². The highest BCUT2D eigenvalue weighted by molar-refractivity contribution is 7.16. The predicted octanol–water partition coefficient (Wildman–Crippen LogP) is 3.47. The summed E-state index contributed by atoms with van der Waals surface area (Å²) in [4.78, 5) is 3.01. The molecule has 11 heavy (non-hydrogen) atoms. The molecule has 0 fully saturated rings. The Morgan fingerprint density at radius 1 is 1.27 bits per heavy atom. The van der Waals surface area contributed by atoms with E-state index in [1.807, 2.05) is 0 Å². The van der Waals surface area contributed by atoms with Gasteiger partial charge in [-0.05, 0) is 0 Å². The van der Waals surface area contributed by atoms with Gasteiger partial charge in [-0.15, -0.1) is 0 Å². The molecule has 0 aliphatic carbocycles. The van der Waals surface area contributed by atoms with Crippen LogP contribution in [0.3, 0.4) is 0 Å². The Bertz CT molecular complexity index is 249. The summed E-state index contributed by atoms with van der Waals surface area (Å²) in [5, 5.41) is -1.32. The molecule has 1 rings (SSSR count). The Balaban J connectivity index is 3.08. The van der Waals surface area contributed by atoms with Crippen molar-refractivity contribution in [1.82, 2.24) is 4.98 Å². The van der Waals surface area contributed by atoms with Crippen molar-refractivity contribution in [3.05, 3.63) is 14.5 Å². The second-order valence-electron chi connectivity index (χ2n) is 1.58. The van der Waals surface area contributed by atoms with Gasteiger partial charge in [0.2, 0.25) is 5.01 Å². The van der Waals surface area contributed by atoms with Crippen LogP contribution in [0.2, 0.25) is 9.49 Å². The summed E-state index contributed by atoms with van der Waals surface area (Å²) in [6.07, 6.45) is -4.46. The molecule has 0 atom stereocenters. The number of alkyl halides is 3. The number of hydrogen-bond acceptors (Lipinski definition) is 2. The van der Waals surface area contributed by atoms with Gasteiger partial charge in [0.05, 0.1) is 0 Å². The average molecular weight is 222 g/mol. The molecule has 0 amide bonds. The fourth-order valence-electron chi connectivity index (χ4n) is 0.404. The van der Waals surface area contributed by atoms with E-state index in [1.54, 1.807) is 0 Å². The fraction of sp³-hybridized carbons (Fsp3) is 0.250. The van der Waals surface area contributed by atoms with Crippen LogP contribution in [0.1, 0.15) is 5.01 Å². The highest BCUT2D eigenvalue weighted by Crippen LogP contribution is 2.37. The molecule has 0 bridgehead atoms. The van der Waals surface area contributed by atoms with Crippen molar-refractivity contribution in [2.24, 2.45) is 0 Å². The summed E-state index contributed by atoms with van der Waals surface area (Å²) in [5.74, 6) is 0. The lowest BCUT2D eigenvalue weighted by Gasteiger charge is -1.97. The van der Waals surface area contributed by atoms with Gasteiger partial charge in [-0.3, -0.25) is 0 Å². The molecule has 62 valence electrons. The molecule has 0 saturated heterocycles. The summed E-state index contributed by atoms with van der Waals surface area (Å²) in [5.41, 5.74) is 0. The van der Waals surface area contributed by atoms with E-state index in [2.05, 4.69) is 4.98 Å². The minimum Gasteiger partial charge on any atom is -0.218 e. The number of aromatic nitrogens is 1. The molecule has 0 spiro atoms. The van der Waals surface area contributed by atoms with Gasteiger partial charge in [0, 0.05) is 0 Å². The summed E-state index contributed by atoms with van der Waals surface area (Å²) < 4.78 is 35.3. The Morgan fingerprint density at radius 2 is 1.82 bits per heavy atom. The molecular weight excluding hydrogens is 222 g/mol. The first-order valence-electron chi connectivity index (χ1n) is 2.30. The van der Waals surface area contributed by atoms with E-state index in [-0.39, 0.29) is 9.49 Å². The third kappa shape index (κ3) is 1.98. The highest BCUT2D eigenvalue weighted by Gasteiger charge is 2.35. The maximum atomic E-state index is 11.8. The maximum absolute atomic E-state index is 11.8. The summed E-state index contributed by atoms with van der Waals surface area (Å²) in [7, 11) is 0. The Hall–Kier alpha value is -0.0000000000000000278. The molecule has 1 heterocycles. The van der Waals surface area contributed by atoms with Crippen LogP contribution < -0.4 is 0 Å². The first-order chi connectivity index (χ1) is 4.91. The van der Waals surface area contributed by atoms with Crippen molar-refractivity contribution >= 4 is 34.5 Å². The third-order valence-corrected chi connectivity index (χ3v) is 2.57. The smallest absolute Gasteiger partial charge is 0.218 e. The Kier molecular flexibility index (Phi) is 2.32. The van der Waals surface area contributed by atoms with E-state index in [0.29, 0.717) is 11.3 Å². The largest absolute Gasteiger partial charge is 0.443 e. The van der Waals surface area contributed by atoms with Gasteiger partial charge in [0.15, 0.2) is 5.15 Å². The zero-order valence-corrected chi connectivity index (χ0v) is 7.07. The number of nitrogens with zero attached hydrogens (tertiary/aromatic N) is 1. The zero-order valence-electron chi connectivity index (χ0n) is 4.75. The van der Waals surface area contributed by atoms with Gasteiger partial charge in [-0.25, -0.2) is 4.98 Å². The summed E-state index contributed by atoms with van der Waals surface area (Å²) in [6.45, 7) is 0. The van der Waals surface area contributed by atoms with Crippen LogP contribution in [-0.2, 0) is 6.18 Å². The van der Waals surface area contributed by atoms with E-state index < -0.39 is 11.2 Å². The summed E-state index contributed by atoms with van der Waals surface area (Å²) >= 11 is 10.8. The molecule has 0 aromatic carbocycles. The monoisotopic (exact) mass is 221 g/mol. The van der Waals surface area contributed by atoms with E-state index in [9.17, 15) is 13.2 Å². The predicted molar refractivity (Wildman–Crippen MR) is 37.1 cm³/mol. The average Bonchev–Trinajstić information content (AvgIpc) is 2.11. The van der Waals surface area contributed by atoms with Crippen molar-refractivity contribution in [1.29, 1.82) is 0 Å². The van der Waals surface area contributed by atoms with Gasteiger partial charge in [0.1, 0.15) is 4.34 Å². The van der Waals surface area contributed by atoms with Crippen molar-refractivity contribution in [2.75, 3.05) is 0 Å². The van der Waals surface area contributed by atoms with Crippen LogP contribution in [0.25, 0.3) is 0 Å². The molecule has 0 aliphatic heterocycles. The highest BCUT2D eigenvalue weighted by atomic mass is 35.5. The standard InChI is InChI=1S/C4Cl2F3NS/c5-1-2(6)11-3(10-1)4(7,8)9. The second kappa shape index (κ2) is 2.80. The lowest BCUT2D eigenvalue weighted by atomic mass is 10.7. The fourth-order valence-corrected chi connectivity index (χ4v) is 1.47. The quantitative estimate of drug-likeness (QED) is 0.654. The molecule has 0 unspecified atom stereocenters. The molecule has 0 radical (unpaired) electrons. The normalized spacial score (nSPS) is 12.1. The molecule has 1 nitrogen and oxygen atoms in total. The third-order valence-electron chi connectivity index (χ3n) is 0.791. The number of hydrogen-bond donors (Lipinski definition) is 0. The number of rotatable bonds is 0. The van der Waals surface area contributed by atoms with E-state index >= 15 is 0 Å². The molecule has 1 aromatic rings. The van der Waals surface area contributed by atoms with E-state index in [4.69, 9.17) is 23.2 Å². The van der Waals surface area contributed by atoms with Crippen molar-refractivity contribution < 1.29 is 13.2 Å². The molecule has 0 N–H and O–H groups in total. The minimum absolute atomic E-state index is 0.140. The molecule has 7 heteroatoms. The maximum Gasteiger partial charge on any atom is 0.443 e. The van der Waals surface area contributed by atoms with Crippen LogP contribution in [0.4, 0.5) is 13.2 Å². The minimum atomic E-state index is -4.46. The number of thiazole rings is 1. The molecule has 0 aliphatic rings. The summed E-state index contributed by atoms with van der Waals surface area (Å²) in [6, 6.07) is 0. The first kappa shape index (κ1) is 9.09. The number of halogens is 5. The van der Waals surface area contributed by atoms with Crippen LogP contribution >= 0.6 is 34.5 Å². The second-order valence-corrected chi connectivity index (χ2v) is 3.54. The van der Waals surface area contributed by atoms with Crippen molar-refractivity contribution in [2.45, 2.75) is 6.18 Å². The first-order valence-corrected chi connectivity index (χ1v) is 3.87. The van der Waals surface area contributed by atoms with E-state index in [0.717, 1.165) is 0 Å². The van der Waals surface area contributed by atoms with Crippen LogP contribution in [0.15, 0.2) is 0 Å². The Labute approximate surface area is 73.8 Å². The van der Waals surface area contributed by atoms with Crippen LogP contribution in [0, 0.1) is 0 Å². The van der Waals surface area contributed by atoms with Gasteiger partial charge in [-0.1, -0.05) is 34.5 Å². The topological polar surface area (TPSA) is 12.9 Å². The lowest BCUT2D eigenvalue weighted by molar-refractivity contribution is -0.137. The van der Waals surface area contributed by atoms with Crippen molar-refractivity contribution in [3.8, 4) is 0 Å². The molecule has 1 aromatic heterocycles. The molecule has 0 saturated carbocycles. The van der Waals surface area contributed by atoms with E-state index in [1.165, 1.54) is 0 Å². The SMILES string of the molecule is FC(F)(F)c1nc(Cl)c(Cl)s1. The molecular formula is C4Cl2F3NS. The van der Waals surface area contributed by atoms with Gasteiger partial charge in [-0.2, -0.15) is 13.2 Å². The van der Waals surface area contributed by atoms with Crippen LogP contribution in [0.5, 0.6) is 0 Å². The van der Waals surface area contributed by atoms with Gasteiger partial charge < -0.3 is 0 Å². The lowest BCUT2D eigenvalue weighted by Crippen LogP contribution is -2.03.